The van der Waals surface area contributed by atoms with Crippen LogP contribution in [0.3, 0.4) is 0 Å². The fraction of sp³-hybridized carbons (Fsp3) is 0.310. The molecular formula is C29H28F3N7O4. The first-order valence-corrected chi connectivity index (χ1v) is 13.4. The minimum absolute atomic E-state index is 0.114. The molecule has 5 rings (SSSR count). The average Bonchev–Trinajstić information content (AvgIpc) is 3.59. The third-order valence-electron chi connectivity index (χ3n) is 7.50. The van der Waals surface area contributed by atoms with Crippen molar-refractivity contribution < 1.29 is 32.7 Å². The van der Waals surface area contributed by atoms with E-state index in [1.807, 2.05) is 4.40 Å². The predicted octanol–water partition coefficient (Wildman–Crippen LogP) is 4.51. The van der Waals surface area contributed by atoms with E-state index in [1.165, 1.54) is 26.0 Å². The van der Waals surface area contributed by atoms with E-state index in [4.69, 9.17) is 10.7 Å². The molecule has 2 amide bonds. The van der Waals surface area contributed by atoms with Crippen LogP contribution in [0.2, 0.25) is 0 Å². The molecular weight excluding hydrogens is 567 g/mol. The number of rotatable bonds is 7. The maximum atomic E-state index is 13.0. The van der Waals surface area contributed by atoms with Gasteiger partial charge in [-0.05, 0) is 57.4 Å². The Bertz CT molecular complexity index is 1720. The summed E-state index contributed by atoms with van der Waals surface area (Å²) in [4.78, 5) is 49.9. The summed E-state index contributed by atoms with van der Waals surface area (Å²) in [6.07, 6.45) is 1.33. The van der Waals surface area contributed by atoms with Gasteiger partial charge >= 0.3 is 12.1 Å². The third kappa shape index (κ3) is 5.98. The lowest BCUT2D eigenvalue weighted by Crippen LogP contribution is -2.51. The van der Waals surface area contributed by atoms with Crippen molar-refractivity contribution in [2.24, 2.45) is 5.92 Å². The van der Waals surface area contributed by atoms with Gasteiger partial charge in [-0.25, -0.2) is 19.7 Å². The molecule has 43 heavy (non-hydrogen) atoms. The van der Waals surface area contributed by atoms with Crippen LogP contribution < -0.4 is 16.4 Å². The molecule has 1 aliphatic rings. The first-order chi connectivity index (χ1) is 20.2. The van der Waals surface area contributed by atoms with Crippen LogP contribution in [0, 0.1) is 5.92 Å². The Labute approximate surface area is 243 Å². The van der Waals surface area contributed by atoms with Gasteiger partial charge in [0, 0.05) is 41.6 Å². The number of nitrogens with one attached hydrogen (secondary N) is 2. The molecule has 0 spiro atoms. The number of hydrogen-bond donors (Lipinski definition) is 4. The molecule has 1 aliphatic carbocycles. The van der Waals surface area contributed by atoms with E-state index in [-0.39, 0.29) is 34.9 Å². The van der Waals surface area contributed by atoms with Crippen LogP contribution in [0.25, 0.3) is 16.8 Å². The van der Waals surface area contributed by atoms with Crippen LogP contribution in [-0.2, 0) is 15.8 Å². The summed E-state index contributed by atoms with van der Waals surface area (Å²) in [6.45, 7) is 2.86. The van der Waals surface area contributed by atoms with Gasteiger partial charge in [0.05, 0.1) is 5.56 Å². The summed E-state index contributed by atoms with van der Waals surface area (Å²) in [5, 5.41) is 14.3. The molecule has 11 nitrogen and oxygen atoms in total. The van der Waals surface area contributed by atoms with Crippen LogP contribution in [0.4, 0.5) is 24.8 Å². The molecule has 4 aromatic rings. The highest BCUT2D eigenvalue weighted by atomic mass is 19.4. The van der Waals surface area contributed by atoms with Gasteiger partial charge in [-0.1, -0.05) is 12.1 Å². The number of nitrogens with zero attached hydrogens (tertiary/aromatic N) is 4. The second-order valence-electron chi connectivity index (χ2n) is 10.9. The second kappa shape index (κ2) is 11.0. The Kier molecular flexibility index (Phi) is 7.54. The summed E-state index contributed by atoms with van der Waals surface area (Å²) in [5.74, 6) is -1.93. The SMILES string of the molecule is CC(C)(NC(=O)C1CCC(c2nc(-c3ccc(C(=O)Nc4cc(C(F)(F)F)ccn4)cc3)c3c(N)nccn23)C1)C(=O)O. The number of nitrogen functional groups attached to an aromatic ring is 1. The summed E-state index contributed by atoms with van der Waals surface area (Å²) in [6, 6.07) is 7.88. The molecule has 1 saturated carbocycles. The number of amides is 2. The minimum atomic E-state index is -4.57. The van der Waals surface area contributed by atoms with Crippen LogP contribution in [0.15, 0.2) is 55.0 Å². The van der Waals surface area contributed by atoms with E-state index in [0.29, 0.717) is 41.9 Å². The van der Waals surface area contributed by atoms with E-state index in [2.05, 4.69) is 20.6 Å². The highest BCUT2D eigenvalue weighted by Gasteiger charge is 2.37. The fourth-order valence-corrected chi connectivity index (χ4v) is 5.14. The molecule has 3 heterocycles. The van der Waals surface area contributed by atoms with Crippen molar-refractivity contribution in [2.75, 3.05) is 11.1 Å². The topological polar surface area (TPSA) is 165 Å². The Hall–Kier alpha value is -5.01. The number of carbonyl (C=O) groups is 3. The number of carboxylic acids is 1. The highest BCUT2D eigenvalue weighted by Crippen LogP contribution is 2.41. The molecule has 1 fully saturated rings. The Morgan fingerprint density at radius 3 is 2.44 bits per heavy atom. The average molecular weight is 596 g/mol. The Balaban J connectivity index is 1.38. The van der Waals surface area contributed by atoms with E-state index >= 15 is 0 Å². The number of aliphatic carboxylic acids is 1. The summed E-state index contributed by atoms with van der Waals surface area (Å²) >= 11 is 0. The third-order valence-corrected chi connectivity index (χ3v) is 7.50. The molecule has 224 valence electrons. The van der Waals surface area contributed by atoms with Gasteiger partial charge in [-0.2, -0.15) is 13.2 Å². The summed E-state index contributed by atoms with van der Waals surface area (Å²) in [5.41, 5.74) is 5.78. The lowest BCUT2D eigenvalue weighted by atomic mass is 10.0. The number of benzene rings is 1. The monoisotopic (exact) mass is 595 g/mol. The standard InChI is InChI=1S/C29H28F3N7O4/c1-28(2,27(42)43)38-26(41)18-8-7-17(13-18)24-37-21(22-23(33)35-11-12-39(22)24)15-3-5-16(6-4-15)25(40)36-20-14-19(9-10-34-20)29(30,31)32/h3-6,9-12,14,17-18H,7-8,13H2,1-2H3,(H2,33,35)(H,38,41)(H,42,43)(H,34,36,40). The summed E-state index contributed by atoms with van der Waals surface area (Å²) < 4.78 is 40.9. The lowest BCUT2D eigenvalue weighted by molar-refractivity contribution is -0.146. The number of carbonyl (C=O) groups excluding carboxylic acids is 2. The zero-order chi connectivity index (χ0) is 31.1. The van der Waals surface area contributed by atoms with Crippen LogP contribution in [0.1, 0.15) is 60.8 Å². The number of hydrogen-bond acceptors (Lipinski definition) is 7. The second-order valence-corrected chi connectivity index (χ2v) is 10.9. The van der Waals surface area contributed by atoms with Crippen molar-refractivity contribution in [2.45, 2.75) is 50.7 Å². The number of aromatic nitrogens is 4. The number of halogens is 3. The number of imidazole rings is 1. The minimum Gasteiger partial charge on any atom is -0.480 e. The maximum Gasteiger partial charge on any atom is 0.416 e. The van der Waals surface area contributed by atoms with Crippen LogP contribution in [0.5, 0.6) is 0 Å². The number of pyridine rings is 1. The molecule has 5 N–H and O–H groups in total. The van der Waals surface area contributed by atoms with Crippen molar-refractivity contribution in [3.05, 3.63) is 71.9 Å². The number of carboxylic acid groups (broad SMARTS) is 1. The zero-order valence-corrected chi connectivity index (χ0v) is 23.1. The molecule has 3 aromatic heterocycles. The maximum absolute atomic E-state index is 13.0. The molecule has 0 aliphatic heterocycles. The summed E-state index contributed by atoms with van der Waals surface area (Å²) in [7, 11) is 0. The number of anilines is 2. The van der Waals surface area contributed by atoms with Crippen molar-refractivity contribution in [1.29, 1.82) is 0 Å². The number of alkyl halides is 3. The largest absolute Gasteiger partial charge is 0.480 e. The van der Waals surface area contributed by atoms with Gasteiger partial charge in [-0.15, -0.1) is 0 Å². The van der Waals surface area contributed by atoms with E-state index < -0.39 is 29.2 Å². The van der Waals surface area contributed by atoms with Crippen molar-refractivity contribution >= 4 is 34.9 Å². The van der Waals surface area contributed by atoms with Crippen molar-refractivity contribution in [3.8, 4) is 11.3 Å². The molecule has 14 heteroatoms. The van der Waals surface area contributed by atoms with Gasteiger partial charge in [0.2, 0.25) is 5.91 Å². The van der Waals surface area contributed by atoms with Crippen LogP contribution in [-0.4, -0.2) is 47.8 Å². The zero-order valence-electron chi connectivity index (χ0n) is 23.1. The molecule has 0 radical (unpaired) electrons. The molecule has 2 unspecified atom stereocenters. The predicted molar refractivity (Wildman–Crippen MR) is 150 cm³/mol. The molecule has 1 aromatic carbocycles. The van der Waals surface area contributed by atoms with E-state index in [0.717, 1.165) is 18.3 Å². The van der Waals surface area contributed by atoms with Crippen LogP contribution >= 0.6 is 0 Å². The van der Waals surface area contributed by atoms with Gasteiger partial charge in [-0.3, -0.25) is 14.0 Å². The quantitative estimate of drug-likeness (QED) is 0.242. The first kappa shape index (κ1) is 29.5. The Morgan fingerprint density at radius 1 is 1.05 bits per heavy atom. The normalized spacial score (nSPS) is 17.1. The number of nitrogens with two attached hydrogens (primary N) is 1. The molecule has 2 atom stereocenters. The molecule has 0 saturated heterocycles. The van der Waals surface area contributed by atoms with Gasteiger partial charge < -0.3 is 21.5 Å². The van der Waals surface area contributed by atoms with Gasteiger partial charge in [0.15, 0.2) is 0 Å². The van der Waals surface area contributed by atoms with Gasteiger partial charge in [0.25, 0.3) is 5.91 Å². The van der Waals surface area contributed by atoms with E-state index in [1.54, 1.807) is 24.5 Å². The number of fused-ring (bicyclic) bond motifs is 1. The van der Waals surface area contributed by atoms with Gasteiger partial charge in [0.1, 0.15) is 34.2 Å². The van der Waals surface area contributed by atoms with Crippen molar-refractivity contribution in [3.63, 3.8) is 0 Å². The highest BCUT2D eigenvalue weighted by molar-refractivity contribution is 6.04. The smallest absolute Gasteiger partial charge is 0.416 e. The lowest BCUT2D eigenvalue weighted by Gasteiger charge is -2.23. The fourth-order valence-electron chi connectivity index (χ4n) is 5.14. The van der Waals surface area contributed by atoms with Crippen molar-refractivity contribution in [1.82, 2.24) is 24.7 Å². The van der Waals surface area contributed by atoms with E-state index in [9.17, 15) is 32.7 Å². The first-order valence-electron chi connectivity index (χ1n) is 13.4. The molecule has 0 bridgehead atoms. The Morgan fingerprint density at radius 2 is 1.77 bits per heavy atom.